The maximum atomic E-state index is 12.8. The molecule has 1 heterocycles. The number of hydrogen-bond donors (Lipinski definition) is 1. The van der Waals surface area contributed by atoms with E-state index in [2.05, 4.69) is 12.2 Å². The number of amides is 2. The lowest BCUT2D eigenvalue weighted by atomic mass is 9.98. The van der Waals surface area contributed by atoms with Crippen molar-refractivity contribution in [3.05, 3.63) is 35.4 Å². The lowest BCUT2D eigenvalue weighted by Crippen LogP contribution is -2.50. The Labute approximate surface area is 149 Å². The third-order valence-electron chi connectivity index (χ3n) is 4.59. The molecule has 1 fully saturated rings. The van der Waals surface area contributed by atoms with Crippen molar-refractivity contribution >= 4 is 23.6 Å². The summed E-state index contributed by atoms with van der Waals surface area (Å²) in [6, 6.07) is 7.05. The zero-order chi connectivity index (χ0) is 17.5. The van der Waals surface area contributed by atoms with Gasteiger partial charge in [0.2, 0.25) is 5.91 Å². The molecular weight excluding hydrogens is 320 g/mol. The summed E-state index contributed by atoms with van der Waals surface area (Å²) in [5.41, 5.74) is 1.66. The van der Waals surface area contributed by atoms with Crippen LogP contribution in [0.15, 0.2) is 24.3 Å². The quantitative estimate of drug-likeness (QED) is 0.859. The van der Waals surface area contributed by atoms with E-state index < -0.39 is 6.04 Å². The first kappa shape index (κ1) is 18.8. The molecule has 1 aliphatic rings. The summed E-state index contributed by atoms with van der Waals surface area (Å²) < 4.78 is 0. The molecule has 4 nitrogen and oxygen atoms in total. The van der Waals surface area contributed by atoms with Gasteiger partial charge in [-0.3, -0.25) is 9.59 Å². The Morgan fingerprint density at radius 2 is 2.04 bits per heavy atom. The molecule has 1 aliphatic heterocycles. The normalized spacial score (nSPS) is 16.7. The molecule has 0 saturated carbocycles. The molecule has 0 aliphatic carbocycles. The van der Waals surface area contributed by atoms with Gasteiger partial charge >= 0.3 is 0 Å². The minimum Gasteiger partial charge on any atom is -0.341 e. The van der Waals surface area contributed by atoms with Crippen LogP contribution in [-0.2, 0) is 4.79 Å². The summed E-state index contributed by atoms with van der Waals surface area (Å²) >= 11 is 1.70. The third kappa shape index (κ3) is 5.26. The van der Waals surface area contributed by atoms with Gasteiger partial charge in [0.15, 0.2) is 0 Å². The van der Waals surface area contributed by atoms with Crippen molar-refractivity contribution in [2.24, 2.45) is 5.92 Å². The number of carbonyl (C=O) groups excluding carboxylic acids is 2. The molecule has 1 saturated heterocycles. The van der Waals surface area contributed by atoms with E-state index in [-0.39, 0.29) is 11.8 Å². The molecule has 0 aromatic heterocycles. The van der Waals surface area contributed by atoms with E-state index in [9.17, 15) is 9.59 Å². The molecule has 1 unspecified atom stereocenters. The van der Waals surface area contributed by atoms with Crippen LogP contribution in [0.2, 0.25) is 0 Å². The predicted octanol–water partition coefficient (Wildman–Crippen LogP) is 3.11. The molecule has 1 aromatic rings. The molecule has 0 bridgehead atoms. The second-order valence-corrected chi connectivity index (χ2v) is 7.67. The van der Waals surface area contributed by atoms with Gasteiger partial charge in [-0.1, -0.05) is 24.6 Å². The molecular formula is C19H28N2O2S. The first-order valence-electron chi connectivity index (χ1n) is 8.66. The number of hydrogen-bond acceptors (Lipinski definition) is 3. The van der Waals surface area contributed by atoms with Crippen LogP contribution >= 0.6 is 11.8 Å². The molecule has 0 spiro atoms. The van der Waals surface area contributed by atoms with Gasteiger partial charge in [0.25, 0.3) is 5.91 Å². The lowest BCUT2D eigenvalue weighted by Gasteiger charge is -2.33. The highest BCUT2D eigenvalue weighted by molar-refractivity contribution is 7.98. The monoisotopic (exact) mass is 348 g/mol. The number of carbonyl (C=O) groups is 2. The highest BCUT2D eigenvalue weighted by atomic mass is 32.2. The number of thioether (sulfide) groups is 1. The number of nitrogens with zero attached hydrogens (tertiary/aromatic N) is 1. The standard InChI is InChI=1S/C19H28N2O2S/c1-14-7-10-21(11-8-14)19(23)17(9-12-24-3)20-18(22)16-6-4-5-15(2)13-16/h4-6,13-14,17H,7-12H2,1-3H3,(H,20,22). The summed E-state index contributed by atoms with van der Waals surface area (Å²) in [6.07, 6.45) is 4.79. The SMILES string of the molecule is CSCCC(NC(=O)c1cccc(C)c1)C(=O)N1CCC(C)CC1. The Kier molecular flexibility index (Phi) is 7.16. The van der Waals surface area contributed by atoms with Gasteiger partial charge in [-0.05, 0) is 56.2 Å². The van der Waals surface area contributed by atoms with Crippen molar-refractivity contribution in [1.82, 2.24) is 10.2 Å². The first-order valence-corrected chi connectivity index (χ1v) is 10.1. The van der Waals surface area contributed by atoms with Gasteiger partial charge in [0, 0.05) is 18.7 Å². The summed E-state index contributed by atoms with van der Waals surface area (Å²) in [5, 5.41) is 2.96. The number of likely N-dealkylation sites (tertiary alicyclic amines) is 1. The summed E-state index contributed by atoms with van der Waals surface area (Å²) in [5.74, 6) is 1.44. The summed E-state index contributed by atoms with van der Waals surface area (Å²) in [4.78, 5) is 27.3. The number of rotatable bonds is 6. The van der Waals surface area contributed by atoms with Crippen LogP contribution in [-0.4, -0.2) is 47.9 Å². The van der Waals surface area contributed by atoms with E-state index in [1.807, 2.05) is 36.3 Å². The largest absolute Gasteiger partial charge is 0.341 e. The van der Waals surface area contributed by atoms with Gasteiger partial charge < -0.3 is 10.2 Å². The number of nitrogens with one attached hydrogen (secondary N) is 1. The van der Waals surface area contributed by atoms with Crippen molar-refractivity contribution < 1.29 is 9.59 Å². The Morgan fingerprint density at radius 1 is 1.33 bits per heavy atom. The second-order valence-electron chi connectivity index (χ2n) is 6.68. The number of aryl methyl sites for hydroxylation is 1. The molecule has 1 N–H and O–H groups in total. The van der Waals surface area contributed by atoms with E-state index in [4.69, 9.17) is 0 Å². The van der Waals surface area contributed by atoms with E-state index in [1.165, 1.54) is 0 Å². The van der Waals surface area contributed by atoms with Crippen molar-refractivity contribution in [3.8, 4) is 0 Å². The number of benzene rings is 1. The van der Waals surface area contributed by atoms with Crippen LogP contribution in [0.5, 0.6) is 0 Å². The highest BCUT2D eigenvalue weighted by Crippen LogP contribution is 2.18. The minimum absolute atomic E-state index is 0.0666. The Balaban J connectivity index is 2.04. The van der Waals surface area contributed by atoms with Gasteiger partial charge in [0.05, 0.1) is 0 Å². The smallest absolute Gasteiger partial charge is 0.251 e. The van der Waals surface area contributed by atoms with Gasteiger partial charge in [-0.15, -0.1) is 0 Å². The maximum Gasteiger partial charge on any atom is 0.251 e. The average molecular weight is 349 g/mol. The van der Waals surface area contributed by atoms with Gasteiger partial charge in [0.1, 0.15) is 6.04 Å². The van der Waals surface area contributed by atoms with Gasteiger partial charge in [-0.25, -0.2) is 0 Å². The van der Waals surface area contributed by atoms with Crippen LogP contribution in [0.3, 0.4) is 0 Å². The molecule has 132 valence electrons. The van der Waals surface area contributed by atoms with Crippen molar-refractivity contribution in [2.75, 3.05) is 25.1 Å². The Bertz CT molecular complexity index is 568. The van der Waals surface area contributed by atoms with Gasteiger partial charge in [-0.2, -0.15) is 11.8 Å². The van der Waals surface area contributed by atoms with Crippen LogP contribution < -0.4 is 5.32 Å². The lowest BCUT2D eigenvalue weighted by molar-refractivity contribution is -0.134. The zero-order valence-electron chi connectivity index (χ0n) is 14.9. The number of piperidine rings is 1. The van der Waals surface area contributed by atoms with Crippen molar-refractivity contribution in [3.63, 3.8) is 0 Å². The van der Waals surface area contributed by atoms with Crippen molar-refractivity contribution in [1.29, 1.82) is 0 Å². The van der Waals surface area contributed by atoms with E-state index >= 15 is 0 Å². The van der Waals surface area contributed by atoms with E-state index in [1.54, 1.807) is 17.8 Å². The maximum absolute atomic E-state index is 12.8. The van der Waals surface area contributed by atoms with Crippen LogP contribution in [0, 0.1) is 12.8 Å². The Morgan fingerprint density at radius 3 is 2.67 bits per heavy atom. The highest BCUT2D eigenvalue weighted by Gasteiger charge is 2.28. The van der Waals surface area contributed by atoms with Crippen LogP contribution in [0.1, 0.15) is 42.1 Å². The molecule has 1 aromatic carbocycles. The van der Waals surface area contributed by atoms with Crippen LogP contribution in [0.4, 0.5) is 0 Å². The molecule has 5 heteroatoms. The third-order valence-corrected chi connectivity index (χ3v) is 5.23. The second kappa shape index (κ2) is 9.11. The molecule has 0 radical (unpaired) electrons. The molecule has 2 amide bonds. The Hall–Kier alpha value is -1.49. The van der Waals surface area contributed by atoms with E-state index in [0.29, 0.717) is 17.9 Å². The summed E-state index contributed by atoms with van der Waals surface area (Å²) in [6.45, 7) is 5.79. The molecule has 2 rings (SSSR count). The average Bonchev–Trinajstić information content (AvgIpc) is 2.58. The minimum atomic E-state index is -0.432. The van der Waals surface area contributed by atoms with E-state index in [0.717, 1.165) is 37.2 Å². The van der Waals surface area contributed by atoms with Crippen LogP contribution in [0.25, 0.3) is 0 Å². The van der Waals surface area contributed by atoms with Crippen molar-refractivity contribution in [2.45, 2.75) is 39.2 Å². The predicted molar refractivity (Wildman–Crippen MR) is 100 cm³/mol. The fourth-order valence-electron chi connectivity index (χ4n) is 2.97. The first-order chi connectivity index (χ1) is 11.5. The fourth-order valence-corrected chi connectivity index (χ4v) is 3.44. The zero-order valence-corrected chi connectivity index (χ0v) is 15.7. The molecule has 24 heavy (non-hydrogen) atoms. The topological polar surface area (TPSA) is 49.4 Å². The molecule has 1 atom stereocenters. The fraction of sp³-hybridized carbons (Fsp3) is 0.579. The summed E-state index contributed by atoms with van der Waals surface area (Å²) in [7, 11) is 0.